The van der Waals surface area contributed by atoms with E-state index >= 15 is 0 Å². The van der Waals surface area contributed by atoms with E-state index in [1.807, 2.05) is 36.1 Å². The van der Waals surface area contributed by atoms with E-state index in [0.29, 0.717) is 12.5 Å². The number of hydrogen-bond donors (Lipinski definition) is 1. The van der Waals surface area contributed by atoms with Crippen molar-refractivity contribution in [2.75, 3.05) is 25.0 Å². The summed E-state index contributed by atoms with van der Waals surface area (Å²) in [6.07, 6.45) is 1.01. The molecule has 0 aliphatic carbocycles. The Bertz CT molecular complexity index is 680. The molecular weight excluding hydrogens is 300 g/mol. The van der Waals surface area contributed by atoms with Crippen molar-refractivity contribution in [3.8, 4) is 5.75 Å². The summed E-state index contributed by atoms with van der Waals surface area (Å²) in [6.45, 7) is 6.25. The van der Waals surface area contributed by atoms with Crippen molar-refractivity contribution in [1.82, 2.24) is 4.90 Å². The van der Waals surface area contributed by atoms with Gasteiger partial charge in [-0.3, -0.25) is 0 Å². The van der Waals surface area contributed by atoms with Crippen molar-refractivity contribution < 1.29 is 9.53 Å². The molecule has 1 aliphatic rings. The van der Waals surface area contributed by atoms with Gasteiger partial charge in [-0.1, -0.05) is 29.8 Å². The van der Waals surface area contributed by atoms with Crippen molar-refractivity contribution in [2.45, 2.75) is 26.2 Å². The third kappa shape index (κ3) is 3.88. The number of hydrogen-bond acceptors (Lipinski definition) is 2. The summed E-state index contributed by atoms with van der Waals surface area (Å²) in [6, 6.07) is 16.1. The molecular formula is C20H24N2O2. The van der Waals surface area contributed by atoms with Crippen molar-refractivity contribution >= 4 is 11.7 Å². The minimum absolute atomic E-state index is 0.0335. The number of aryl methyl sites for hydroxylation is 1. The molecule has 2 amide bonds. The molecule has 2 aromatic carbocycles. The fourth-order valence-electron chi connectivity index (χ4n) is 3.06. The Morgan fingerprint density at radius 2 is 1.88 bits per heavy atom. The van der Waals surface area contributed by atoms with Crippen LogP contribution in [-0.2, 0) is 0 Å². The van der Waals surface area contributed by atoms with Crippen LogP contribution in [0, 0.1) is 6.92 Å². The molecule has 24 heavy (non-hydrogen) atoms. The van der Waals surface area contributed by atoms with Gasteiger partial charge < -0.3 is 15.0 Å². The molecule has 1 aliphatic heterocycles. The second-order valence-corrected chi connectivity index (χ2v) is 6.23. The summed E-state index contributed by atoms with van der Waals surface area (Å²) in [5.41, 5.74) is 3.38. The van der Waals surface area contributed by atoms with E-state index in [0.717, 1.165) is 30.9 Å². The molecule has 1 N–H and O–H groups in total. The van der Waals surface area contributed by atoms with Crippen molar-refractivity contribution in [3.05, 3.63) is 59.7 Å². The largest absolute Gasteiger partial charge is 0.494 e. The molecule has 3 rings (SSSR count). The van der Waals surface area contributed by atoms with Gasteiger partial charge in [-0.05, 0) is 50.1 Å². The zero-order valence-corrected chi connectivity index (χ0v) is 14.3. The number of urea groups is 1. The zero-order chi connectivity index (χ0) is 16.9. The molecule has 0 saturated carbocycles. The van der Waals surface area contributed by atoms with Gasteiger partial charge in [0.15, 0.2) is 0 Å². The highest BCUT2D eigenvalue weighted by Crippen LogP contribution is 2.28. The lowest BCUT2D eigenvalue weighted by Gasteiger charge is -2.18. The summed E-state index contributed by atoms with van der Waals surface area (Å²) >= 11 is 0. The number of ether oxygens (including phenoxy) is 1. The Balaban J connectivity index is 1.57. The first-order valence-electron chi connectivity index (χ1n) is 8.51. The van der Waals surface area contributed by atoms with Gasteiger partial charge >= 0.3 is 6.03 Å². The number of anilines is 1. The van der Waals surface area contributed by atoms with E-state index in [4.69, 9.17) is 4.74 Å². The SMILES string of the molecule is CCOc1ccc(NC(=O)N2CC[C@@H](c3ccc(C)cc3)C2)cc1. The summed E-state index contributed by atoms with van der Waals surface area (Å²) in [5, 5.41) is 2.97. The normalized spacial score (nSPS) is 16.9. The minimum Gasteiger partial charge on any atom is -0.494 e. The number of rotatable bonds is 4. The Labute approximate surface area is 143 Å². The van der Waals surface area contributed by atoms with Crippen molar-refractivity contribution in [1.29, 1.82) is 0 Å². The third-order valence-electron chi connectivity index (χ3n) is 4.44. The average Bonchev–Trinajstić information content (AvgIpc) is 3.08. The summed E-state index contributed by atoms with van der Waals surface area (Å²) in [4.78, 5) is 14.3. The van der Waals surface area contributed by atoms with Gasteiger partial charge in [0.2, 0.25) is 0 Å². The van der Waals surface area contributed by atoms with E-state index in [2.05, 4.69) is 36.5 Å². The summed E-state index contributed by atoms with van der Waals surface area (Å²) < 4.78 is 5.41. The first-order valence-corrected chi connectivity index (χ1v) is 8.51. The topological polar surface area (TPSA) is 41.6 Å². The molecule has 4 nitrogen and oxygen atoms in total. The second-order valence-electron chi connectivity index (χ2n) is 6.23. The van der Waals surface area contributed by atoms with Crippen LogP contribution in [0.2, 0.25) is 0 Å². The summed E-state index contributed by atoms with van der Waals surface area (Å²) in [7, 11) is 0. The van der Waals surface area contributed by atoms with Gasteiger partial charge in [0, 0.05) is 24.7 Å². The van der Waals surface area contributed by atoms with Crippen LogP contribution in [0.3, 0.4) is 0 Å². The predicted octanol–water partition coefficient (Wildman–Crippen LogP) is 4.42. The Morgan fingerprint density at radius 3 is 2.54 bits per heavy atom. The number of carbonyl (C=O) groups is 1. The number of likely N-dealkylation sites (tertiary alicyclic amines) is 1. The summed E-state index contributed by atoms with van der Waals surface area (Å²) in [5.74, 6) is 1.24. The maximum atomic E-state index is 12.4. The minimum atomic E-state index is -0.0335. The molecule has 0 aromatic heterocycles. The molecule has 126 valence electrons. The fraction of sp³-hybridized carbons (Fsp3) is 0.350. The standard InChI is InChI=1S/C20H24N2O2/c1-3-24-19-10-8-18(9-11-19)21-20(23)22-13-12-17(14-22)16-6-4-15(2)5-7-16/h4-11,17H,3,12-14H2,1-2H3,(H,21,23)/t17-/m1/s1. The molecule has 1 fully saturated rings. The molecule has 0 unspecified atom stereocenters. The van der Waals surface area contributed by atoms with E-state index in [-0.39, 0.29) is 6.03 Å². The van der Waals surface area contributed by atoms with Gasteiger partial charge in [-0.15, -0.1) is 0 Å². The second kappa shape index (κ2) is 7.39. The lowest BCUT2D eigenvalue weighted by atomic mass is 9.98. The fourth-order valence-corrected chi connectivity index (χ4v) is 3.06. The quantitative estimate of drug-likeness (QED) is 0.905. The molecule has 0 bridgehead atoms. The predicted molar refractivity (Wildman–Crippen MR) is 96.7 cm³/mol. The van der Waals surface area contributed by atoms with Crippen LogP contribution in [-0.4, -0.2) is 30.6 Å². The van der Waals surface area contributed by atoms with Crippen molar-refractivity contribution in [2.24, 2.45) is 0 Å². The first-order chi connectivity index (χ1) is 11.7. The van der Waals surface area contributed by atoms with Crippen LogP contribution in [0.15, 0.2) is 48.5 Å². The van der Waals surface area contributed by atoms with Crippen LogP contribution >= 0.6 is 0 Å². The molecule has 4 heteroatoms. The van der Waals surface area contributed by atoms with Gasteiger partial charge in [0.1, 0.15) is 5.75 Å². The van der Waals surface area contributed by atoms with Crippen LogP contribution in [0.25, 0.3) is 0 Å². The highest BCUT2D eigenvalue weighted by Gasteiger charge is 2.27. The smallest absolute Gasteiger partial charge is 0.321 e. The first kappa shape index (κ1) is 16.4. The maximum absolute atomic E-state index is 12.4. The van der Waals surface area contributed by atoms with E-state index in [1.54, 1.807) is 0 Å². The van der Waals surface area contributed by atoms with Crippen LogP contribution < -0.4 is 10.1 Å². The molecule has 0 radical (unpaired) electrons. The Kier molecular flexibility index (Phi) is 5.04. The lowest BCUT2D eigenvalue weighted by molar-refractivity contribution is 0.222. The maximum Gasteiger partial charge on any atom is 0.321 e. The van der Waals surface area contributed by atoms with Gasteiger partial charge in [-0.25, -0.2) is 4.79 Å². The van der Waals surface area contributed by atoms with E-state index in [1.165, 1.54) is 11.1 Å². The monoisotopic (exact) mass is 324 g/mol. The Hall–Kier alpha value is -2.49. The number of nitrogens with zero attached hydrogens (tertiary/aromatic N) is 1. The van der Waals surface area contributed by atoms with Gasteiger partial charge in [0.25, 0.3) is 0 Å². The van der Waals surface area contributed by atoms with E-state index < -0.39 is 0 Å². The third-order valence-corrected chi connectivity index (χ3v) is 4.44. The van der Waals surface area contributed by atoms with Crippen molar-refractivity contribution in [3.63, 3.8) is 0 Å². The number of carbonyl (C=O) groups excluding carboxylic acids is 1. The van der Waals surface area contributed by atoms with Gasteiger partial charge in [0.05, 0.1) is 6.61 Å². The highest BCUT2D eigenvalue weighted by molar-refractivity contribution is 5.89. The number of amides is 2. The van der Waals surface area contributed by atoms with Gasteiger partial charge in [-0.2, -0.15) is 0 Å². The molecule has 1 atom stereocenters. The lowest BCUT2D eigenvalue weighted by Crippen LogP contribution is -2.32. The van der Waals surface area contributed by atoms with Crippen LogP contribution in [0.1, 0.15) is 30.4 Å². The highest BCUT2D eigenvalue weighted by atomic mass is 16.5. The van der Waals surface area contributed by atoms with Crippen LogP contribution in [0.4, 0.5) is 10.5 Å². The van der Waals surface area contributed by atoms with E-state index in [9.17, 15) is 4.79 Å². The number of benzene rings is 2. The molecule has 2 aromatic rings. The Morgan fingerprint density at radius 1 is 1.17 bits per heavy atom. The number of nitrogens with one attached hydrogen (secondary N) is 1. The molecule has 0 spiro atoms. The zero-order valence-electron chi connectivity index (χ0n) is 14.3. The van der Waals surface area contributed by atoms with Crippen LogP contribution in [0.5, 0.6) is 5.75 Å². The molecule has 1 heterocycles. The molecule has 1 saturated heterocycles. The average molecular weight is 324 g/mol.